The van der Waals surface area contributed by atoms with Gasteiger partial charge in [0.1, 0.15) is 5.75 Å². The number of carbonyl (C=O) groups is 1. The van der Waals surface area contributed by atoms with Crippen LogP contribution in [0.3, 0.4) is 0 Å². The van der Waals surface area contributed by atoms with Crippen LogP contribution in [-0.4, -0.2) is 41.4 Å². The van der Waals surface area contributed by atoms with Crippen molar-refractivity contribution in [3.63, 3.8) is 0 Å². The first kappa shape index (κ1) is 14.4. The standard InChI is InChI=1S/C15H17N3O4/c1-21-12-4-2-10(3-5-12)13-16-15(22-17-13)18-8-6-11(7-9-18)14(19)20/h2-5,11H,6-9H2,1H3,(H,19,20). The molecular formula is C15H17N3O4. The van der Waals surface area contributed by atoms with Crippen molar-refractivity contribution in [3.05, 3.63) is 24.3 Å². The predicted octanol–water partition coefficient (Wildman–Crippen LogP) is 2.05. The molecule has 1 aliphatic rings. The van der Waals surface area contributed by atoms with Crippen LogP contribution in [0.15, 0.2) is 28.8 Å². The number of carboxylic acid groups (broad SMARTS) is 1. The Morgan fingerprint density at radius 3 is 2.59 bits per heavy atom. The molecule has 7 heteroatoms. The molecule has 3 rings (SSSR count). The highest BCUT2D eigenvalue weighted by molar-refractivity contribution is 5.70. The third-order valence-electron chi connectivity index (χ3n) is 3.88. The number of hydrogen-bond donors (Lipinski definition) is 1. The van der Waals surface area contributed by atoms with Crippen molar-refractivity contribution in [2.24, 2.45) is 5.92 Å². The zero-order valence-electron chi connectivity index (χ0n) is 12.2. The van der Waals surface area contributed by atoms with Crippen LogP contribution < -0.4 is 9.64 Å². The summed E-state index contributed by atoms with van der Waals surface area (Å²) < 4.78 is 10.4. The number of nitrogens with zero attached hydrogens (tertiary/aromatic N) is 3. The molecule has 0 amide bonds. The van der Waals surface area contributed by atoms with Gasteiger partial charge < -0.3 is 19.3 Å². The second kappa shape index (κ2) is 6.05. The number of piperidine rings is 1. The van der Waals surface area contributed by atoms with Gasteiger partial charge in [-0.2, -0.15) is 4.98 Å². The van der Waals surface area contributed by atoms with Crippen LogP contribution >= 0.6 is 0 Å². The number of methoxy groups -OCH3 is 1. The van der Waals surface area contributed by atoms with Crippen LogP contribution in [0.25, 0.3) is 11.4 Å². The first-order chi connectivity index (χ1) is 10.7. The molecule has 0 radical (unpaired) electrons. The number of benzene rings is 1. The SMILES string of the molecule is COc1ccc(-c2noc(N3CCC(C(=O)O)CC3)n2)cc1. The van der Waals surface area contributed by atoms with Crippen LogP contribution in [0.5, 0.6) is 5.75 Å². The van der Waals surface area contributed by atoms with E-state index in [-0.39, 0.29) is 5.92 Å². The summed E-state index contributed by atoms with van der Waals surface area (Å²) in [5, 5.41) is 13.0. The summed E-state index contributed by atoms with van der Waals surface area (Å²) in [5.74, 6) is 0.269. The number of carboxylic acids is 1. The van der Waals surface area contributed by atoms with Gasteiger partial charge in [0.15, 0.2) is 0 Å². The minimum Gasteiger partial charge on any atom is -0.497 e. The smallest absolute Gasteiger partial charge is 0.324 e. The molecule has 2 heterocycles. The molecule has 22 heavy (non-hydrogen) atoms. The Balaban J connectivity index is 1.70. The van der Waals surface area contributed by atoms with E-state index in [1.165, 1.54) is 0 Å². The van der Waals surface area contributed by atoms with Gasteiger partial charge in [0.25, 0.3) is 0 Å². The van der Waals surface area contributed by atoms with E-state index in [0.717, 1.165) is 11.3 Å². The second-order valence-corrected chi connectivity index (χ2v) is 5.23. The zero-order chi connectivity index (χ0) is 15.5. The van der Waals surface area contributed by atoms with E-state index in [9.17, 15) is 4.79 Å². The molecule has 0 aliphatic carbocycles. The zero-order valence-corrected chi connectivity index (χ0v) is 12.2. The molecule has 2 aromatic rings. The van der Waals surface area contributed by atoms with Crippen LogP contribution in [0, 0.1) is 5.92 Å². The maximum absolute atomic E-state index is 11.0. The van der Waals surface area contributed by atoms with Crippen molar-refractivity contribution in [3.8, 4) is 17.1 Å². The monoisotopic (exact) mass is 303 g/mol. The molecule has 1 aromatic heterocycles. The fourth-order valence-electron chi connectivity index (χ4n) is 2.52. The average molecular weight is 303 g/mol. The Bertz CT molecular complexity index is 645. The minimum atomic E-state index is -0.732. The lowest BCUT2D eigenvalue weighted by molar-refractivity contribution is -0.142. The Morgan fingerprint density at radius 1 is 1.32 bits per heavy atom. The van der Waals surface area contributed by atoms with Gasteiger partial charge >= 0.3 is 12.0 Å². The van der Waals surface area contributed by atoms with Crippen LogP contribution in [0.4, 0.5) is 6.01 Å². The highest BCUT2D eigenvalue weighted by atomic mass is 16.5. The lowest BCUT2D eigenvalue weighted by Gasteiger charge is -2.28. The predicted molar refractivity (Wildman–Crippen MR) is 78.9 cm³/mol. The highest BCUT2D eigenvalue weighted by Gasteiger charge is 2.27. The van der Waals surface area contributed by atoms with Gasteiger partial charge in [-0.25, -0.2) is 0 Å². The number of rotatable bonds is 4. The first-order valence-corrected chi connectivity index (χ1v) is 7.13. The van der Waals surface area contributed by atoms with Crippen molar-refractivity contribution in [2.45, 2.75) is 12.8 Å². The Morgan fingerprint density at radius 2 is 2.00 bits per heavy atom. The molecule has 1 aliphatic heterocycles. The van der Waals surface area contributed by atoms with Crippen molar-refractivity contribution in [1.29, 1.82) is 0 Å². The van der Waals surface area contributed by atoms with Crippen molar-refractivity contribution in [2.75, 3.05) is 25.1 Å². The fourth-order valence-corrected chi connectivity index (χ4v) is 2.52. The van der Waals surface area contributed by atoms with Crippen molar-refractivity contribution < 1.29 is 19.2 Å². The Hall–Kier alpha value is -2.57. The molecule has 1 fully saturated rings. The van der Waals surface area contributed by atoms with Crippen LogP contribution in [-0.2, 0) is 4.79 Å². The van der Waals surface area contributed by atoms with Crippen molar-refractivity contribution in [1.82, 2.24) is 10.1 Å². The normalized spacial score (nSPS) is 15.8. The molecule has 0 atom stereocenters. The highest BCUT2D eigenvalue weighted by Crippen LogP contribution is 2.25. The summed E-state index contributed by atoms with van der Waals surface area (Å²) in [6.45, 7) is 1.22. The van der Waals surface area contributed by atoms with Gasteiger partial charge in [-0.3, -0.25) is 4.79 Å². The molecule has 116 valence electrons. The largest absolute Gasteiger partial charge is 0.497 e. The van der Waals surface area contributed by atoms with E-state index in [0.29, 0.717) is 37.8 Å². The molecule has 0 saturated carbocycles. The first-order valence-electron chi connectivity index (χ1n) is 7.13. The summed E-state index contributed by atoms with van der Waals surface area (Å²) in [5.41, 5.74) is 0.844. The molecule has 1 aromatic carbocycles. The summed E-state index contributed by atoms with van der Waals surface area (Å²) in [6.07, 6.45) is 1.19. The summed E-state index contributed by atoms with van der Waals surface area (Å²) in [6, 6.07) is 7.84. The number of ether oxygens (including phenoxy) is 1. The molecule has 1 N–H and O–H groups in total. The molecule has 0 spiro atoms. The van der Waals surface area contributed by atoms with Gasteiger partial charge in [0.05, 0.1) is 13.0 Å². The Kier molecular flexibility index (Phi) is 3.95. The third-order valence-corrected chi connectivity index (χ3v) is 3.88. The number of aliphatic carboxylic acids is 1. The quantitative estimate of drug-likeness (QED) is 0.924. The van der Waals surface area contributed by atoms with E-state index in [1.807, 2.05) is 29.2 Å². The van der Waals surface area contributed by atoms with E-state index < -0.39 is 5.97 Å². The summed E-state index contributed by atoms with van der Waals surface area (Å²) in [4.78, 5) is 17.3. The maximum Gasteiger partial charge on any atom is 0.324 e. The molecule has 1 saturated heterocycles. The maximum atomic E-state index is 11.0. The molecular weight excluding hydrogens is 286 g/mol. The number of aromatic nitrogens is 2. The van der Waals surface area contributed by atoms with Crippen LogP contribution in [0.1, 0.15) is 12.8 Å². The molecule has 0 bridgehead atoms. The van der Waals surface area contributed by atoms with Crippen molar-refractivity contribution >= 4 is 12.0 Å². The number of anilines is 1. The Labute approximate surface area is 127 Å². The average Bonchev–Trinajstić information content (AvgIpc) is 3.05. The van der Waals surface area contributed by atoms with Gasteiger partial charge in [-0.05, 0) is 37.1 Å². The summed E-state index contributed by atoms with van der Waals surface area (Å²) >= 11 is 0. The van der Waals surface area contributed by atoms with Gasteiger partial charge in [-0.15, -0.1) is 0 Å². The number of hydrogen-bond acceptors (Lipinski definition) is 6. The minimum absolute atomic E-state index is 0.278. The second-order valence-electron chi connectivity index (χ2n) is 5.23. The lowest BCUT2D eigenvalue weighted by atomic mass is 9.97. The fraction of sp³-hybridized carbons (Fsp3) is 0.400. The van der Waals surface area contributed by atoms with Gasteiger partial charge in [-0.1, -0.05) is 5.16 Å². The summed E-state index contributed by atoms with van der Waals surface area (Å²) in [7, 11) is 1.61. The topological polar surface area (TPSA) is 88.7 Å². The van der Waals surface area contributed by atoms with Gasteiger partial charge in [0, 0.05) is 18.7 Å². The van der Waals surface area contributed by atoms with E-state index in [2.05, 4.69) is 10.1 Å². The molecule has 7 nitrogen and oxygen atoms in total. The van der Waals surface area contributed by atoms with Gasteiger partial charge in [0.2, 0.25) is 5.82 Å². The van der Waals surface area contributed by atoms with Crippen LogP contribution in [0.2, 0.25) is 0 Å². The lowest BCUT2D eigenvalue weighted by Crippen LogP contribution is -2.36. The van der Waals surface area contributed by atoms with E-state index >= 15 is 0 Å². The van der Waals surface area contributed by atoms with E-state index in [1.54, 1.807) is 7.11 Å². The molecule has 0 unspecified atom stereocenters. The third kappa shape index (κ3) is 2.88. The van der Waals surface area contributed by atoms with E-state index in [4.69, 9.17) is 14.4 Å².